The first-order valence-electron chi connectivity index (χ1n) is 7.29. The Bertz CT molecular complexity index is 578. The number of halogens is 1. The molecule has 21 heavy (non-hydrogen) atoms. The molecule has 0 bridgehead atoms. The minimum Gasteiger partial charge on any atom is -0.492 e. The second-order valence-corrected chi connectivity index (χ2v) is 5.89. The summed E-state index contributed by atoms with van der Waals surface area (Å²) in [5, 5.41) is 4.09. The molecule has 2 nitrogen and oxygen atoms in total. The highest BCUT2D eigenvalue weighted by Crippen LogP contribution is 2.20. The Hall–Kier alpha value is -1.67. The molecule has 0 aromatic heterocycles. The van der Waals surface area contributed by atoms with E-state index in [2.05, 4.69) is 38.2 Å². The molecule has 1 N–H and O–H groups in total. The molecular formula is C18H22ClNO. The van der Waals surface area contributed by atoms with Gasteiger partial charge in [0.1, 0.15) is 12.4 Å². The van der Waals surface area contributed by atoms with Crippen molar-refractivity contribution < 1.29 is 4.74 Å². The van der Waals surface area contributed by atoms with Crippen LogP contribution < -0.4 is 10.1 Å². The third kappa shape index (κ3) is 4.68. The summed E-state index contributed by atoms with van der Waals surface area (Å²) in [5.74, 6) is 1.45. The quantitative estimate of drug-likeness (QED) is 0.735. The molecule has 0 radical (unpaired) electrons. The Morgan fingerprint density at radius 2 is 1.81 bits per heavy atom. The summed E-state index contributed by atoms with van der Waals surface area (Å²) in [6, 6.07) is 14.1. The molecule has 0 aliphatic heterocycles. The number of nitrogens with one attached hydrogen (secondary N) is 1. The average Bonchev–Trinajstić information content (AvgIpc) is 2.47. The topological polar surface area (TPSA) is 21.3 Å². The zero-order chi connectivity index (χ0) is 15.2. The van der Waals surface area contributed by atoms with Crippen LogP contribution >= 0.6 is 11.6 Å². The Balaban J connectivity index is 1.80. The predicted molar refractivity (Wildman–Crippen MR) is 90.7 cm³/mol. The summed E-state index contributed by atoms with van der Waals surface area (Å²) in [5.41, 5.74) is 3.57. The van der Waals surface area contributed by atoms with Crippen LogP contribution in [0.15, 0.2) is 42.5 Å². The molecule has 0 atom stereocenters. The fourth-order valence-electron chi connectivity index (χ4n) is 2.09. The zero-order valence-corrected chi connectivity index (χ0v) is 13.6. The van der Waals surface area contributed by atoms with E-state index in [1.54, 1.807) is 0 Å². The lowest BCUT2D eigenvalue weighted by atomic mass is 10.0. The summed E-state index contributed by atoms with van der Waals surface area (Å²) in [6.45, 7) is 7.80. The van der Waals surface area contributed by atoms with Crippen molar-refractivity contribution in [2.45, 2.75) is 26.7 Å². The molecule has 0 fully saturated rings. The highest BCUT2D eigenvalue weighted by atomic mass is 35.5. The number of ether oxygens (including phenoxy) is 1. The van der Waals surface area contributed by atoms with Crippen LogP contribution in [-0.2, 0) is 0 Å². The van der Waals surface area contributed by atoms with Crippen molar-refractivity contribution in [2.75, 3.05) is 18.5 Å². The monoisotopic (exact) mass is 303 g/mol. The molecule has 0 spiro atoms. The smallest absolute Gasteiger partial charge is 0.119 e. The van der Waals surface area contributed by atoms with Crippen LogP contribution in [0, 0.1) is 6.92 Å². The molecule has 0 aliphatic rings. The van der Waals surface area contributed by atoms with Crippen LogP contribution in [0.1, 0.15) is 30.9 Å². The number of hydrogen-bond acceptors (Lipinski definition) is 2. The Labute approximate surface area is 132 Å². The minimum absolute atomic E-state index is 0.548. The van der Waals surface area contributed by atoms with Crippen molar-refractivity contribution in [3.8, 4) is 5.75 Å². The van der Waals surface area contributed by atoms with Crippen molar-refractivity contribution in [3.05, 3.63) is 58.6 Å². The highest BCUT2D eigenvalue weighted by Gasteiger charge is 2.01. The highest BCUT2D eigenvalue weighted by molar-refractivity contribution is 6.30. The number of benzene rings is 2. The molecule has 0 unspecified atom stereocenters. The zero-order valence-electron chi connectivity index (χ0n) is 12.8. The normalized spacial score (nSPS) is 10.7. The second-order valence-electron chi connectivity index (χ2n) is 5.46. The lowest BCUT2D eigenvalue weighted by Gasteiger charge is -2.12. The van der Waals surface area contributed by atoms with Crippen molar-refractivity contribution in [1.29, 1.82) is 0 Å². The Morgan fingerprint density at radius 1 is 1.10 bits per heavy atom. The number of hydrogen-bond donors (Lipinski definition) is 1. The first-order chi connectivity index (χ1) is 10.1. The van der Waals surface area contributed by atoms with E-state index in [-0.39, 0.29) is 0 Å². The van der Waals surface area contributed by atoms with Crippen LogP contribution in [0.3, 0.4) is 0 Å². The van der Waals surface area contributed by atoms with Crippen molar-refractivity contribution in [2.24, 2.45) is 0 Å². The van der Waals surface area contributed by atoms with Gasteiger partial charge in [0.15, 0.2) is 0 Å². The molecule has 0 saturated heterocycles. The van der Waals surface area contributed by atoms with Crippen molar-refractivity contribution in [3.63, 3.8) is 0 Å². The van der Waals surface area contributed by atoms with Gasteiger partial charge in [0, 0.05) is 17.3 Å². The van der Waals surface area contributed by atoms with E-state index in [4.69, 9.17) is 16.3 Å². The number of rotatable bonds is 6. The molecule has 2 aromatic rings. The van der Waals surface area contributed by atoms with Crippen LogP contribution in [0.4, 0.5) is 5.69 Å². The van der Waals surface area contributed by atoms with Gasteiger partial charge in [0.2, 0.25) is 0 Å². The molecule has 3 heteroatoms. The Kier molecular flexibility index (Phi) is 5.51. The van der Waals surface area contributed by atoms with Gasteiger partial charge in [-0.15, -0.1) is 0 Å². The molecule has 0 aliphatic carbocycles. The number of aryl methyl sites for hydroxylation is 1. The third-order valence-corrected chi connectivity index (χ3v) is 3.67. The van der Waals surface area contributed by atoms with Gasteiger partial charge >= 0.3 is 0 Å². The molecule has 2 aromatic carbocycles. The van der Waals surface area contributed by atoms with E-state index in [0.29, 0.717) is 12.5 Å². The maximum atomic E-state index is 5.99. The van der Waals surface area contributed by atoms with E-state index in [1.165, 1.54) is 11.1 Å². The molecular weight excluding hydrogens is 282 g/mol. The Morgan fingerprint density at radius 3 is 2.48 bits per heavy atom. The van der Waals surface area contributed by atoms with Crippen LogP contribution in [0.5, 0.6) is 5.75 Å². The summed E-state index contributed by atoms with van der Waals surface area (Å²) in [4.78, 5) is 0. The van der Waals surface area contributed by atoms with Gasteiger partial charge in [0.25, 0.3) is 0 Å². The largest absolute Gasteiger partial charge is 0.492 e. The first kappa shape index (κ1) is 15.7. The lowest BCUT2D eigenvalue weighted by molar-refractivity contribution is 0.333. The standard InChI is InChI=1S/C18H22ClNO/c1-13(2)15-5-8-17(9-6-15)21-11-10-20-18-12-16(19)7-4-14(18)3/h4-9,12-13,20H,10-11H2,1-3H3. The fraction of sp³-hybridized carbons (Fsp3) is 0.333. The van der Waals surface area contributed by atoms with Crippen LogP contribution in [0.25, 0.3) is 0 Å². The van der Waals surface area contributed by atoms with Crippen molar-refractivity contribution in [1.82, 2.24) is 0 Å². The maximum absolute atomic E-state index is 5.99. The lowest BCUT2D eigenvalue weighted by Crippen LogP contribution is -2.12. The van der Waals surface area contributed by atoms with E-state index >= 15 is 0 Å². The van der Waals surface area contributed by atoms with Gasteiger partial charge in [-0.3, -0.25) is 0 Å². The first-order valence-corrected chi connectivity index (χ1v) is 7.67. The van der Waals surface area contributed by atoms with Gasteiger partial charge in [-0.1, -0.05) is 43.6 Å². The fourth-order valence-corrected chi connectivity index (χ4v) is 2.26. The predicted octanol–water partition coefficient (Wildman–Crippen LogP) is 5.26. The van der Waals surface area contributed by atoms with Crippen LogP contribution in [0.2, 0.25) is 5.02 Å². The summed E-state index contributed by atoms with van der Waals surface area (Å²) >= 11 is 5.99. The maximum Gasteiger partial charge on any atom is 0.119 e. The summed E-state index contributed by atoms with van der Waals surface area (Å²) in [7, 11) is 0. The SMILES string of the molecule is Cc1ccc(Cl)cc1NCCOc1ccc(C(C)C)cc1. The minimum atomic E-state index is 0.548. The number of anilines is 1. The molecule has 112 valence electrons. The van der Waals surface area contributed by atoms with E-state index in [0.717, 1.165) is 23.0 Å². The molecule has 2 rings (SSSR count). The third-order valence-electron chi connectivity index (χ3n) is 3.43. The summed E-state index contributed by atoms with van der Waals surface area (Å²) in [6.07, 6.45) is 0. The van der Waals surface area contributed by atoms with Gasteiger partial charge in [-0.2, -0.15) is 0 Å². The average molecular weight is 304 g/mol. The van der Waals surface area contributed by atoms with Gasteiger partial charge in [-0.25, -0.2) is 0 Å². The van der Waals surface area contributed by atoms with E-state index < -0.39 is 0 Å². The van der Waals surface area contributed by atoms with Gasteiger partial charge < -0.3 is 10.1 Å². The van der Waals surface area contributed by atoms with Crippen molar-refractivity contribution >= 4 is 17.3 Å². The molecule has 0 amide bonds. The van der Waals surface area contributed by atoms with Gasteiger partial charge in [0.05, 0.1) is 0 Å². The van der Waals surface area contributed by atoms with Gasteiger partial charge in [-0.05, 0) is 48.2 Å². The second kappa shape index (κ2) is 7.37. The molecule has 0 saturated carbocycles. The molecule has 0 heterocycles. The summed E-state index contributed by atoms with van der Waals surface area (Å²) < 4.78 is 5.74. The van der Waals surface area contributed by atoms with E-state index in [1.807, 2.05) is 30.3 Å². The van der Waals surface area contributed by atoms with Crippen LogP contribution in [-0.4, -0.2) is 13.2 Å². The van der Waals surface area contributed by atoms with E-state index in [9.17, 15) is 0 Å².